The minimum Gasteiger partial charge on any atom is -0.307 e. The van der Waals surface area contributed by atoms with Crippen LogP contribution in [0.15, 0.2) is 0 Å². The molecule has 2 rings (SSSR count). The molecule has 0 aliphatic heterocycles. The van der Waals surface area contributed by atoms with Crippen LogP contribution in [-0.2, 0) is 0 Å². The lowest BCUT2D eigenvalue weighted by Crippen LogP contribution is -2.40. The van der Waals surface area contributed by atoms with Gasteiger partial charge in [0.05, 0.1) is 0 Å². The molecule has 2 fully saturated rings. The molecule has 106 valence electrons. The van der Waals surface area contributed by atoms with Crippen LogP contribution in [0.1, 0.15) is 59.3 Å². The molecule has 0 aromatic heterocycles. The fourth-order valence-electron chi connectivity index (χ4n) is 4.30. The molecule has 0 aromatic rings. The standard InChI is InChI=1S/C17H33N/c1-12(2)14-6-7-15-11-16(17(15)9-8-14)10-13(3)18(4)5/h12-17H,6-11H2,1-5H3/t13?,14-,15?,16?,17?/m1/s1. The molecule has 1 heteroatoms. The van der Waals surface area contributed by atoms with Gasteiger partial charge in [-0.2, -0.15) is 0 Å². The zero-order chi connectivity index (χ0) is 13.3. The molecule has 4 unspecified atom stereocenters. The number of hydrogen-bond acceptors (Lipinski definition) is 1. The van der Waals surface area contributed by atoms with Gasteiger partial charge in [0.25, 0.3) is 0 Å². The molecule has 0 saturated heterocycles. The third kappa shape index (κ3) is 3.10. The predicted octanol–water partition coefficient (Wildman–Crippen LogP) is 4.43. The van der Waals surface area contributed by atoms with Crippen LogP contribution in [0, 0.1) is 29.6 Å². The summed E-state index contributed by atoms with van der Waals surface area (Å²) in [4.78, 5) is 2.39. The Bertz CT molecular complexity index is 258. The van der Waals surface area contributed by atoms with Crippen LogP contribution in [0.25, 0.3) is 0 Å². The van der Waals surface area contributed by atoms with Crippen molar-refractivity contribution in [3.05, 3.63) is 0 Å². The maximum Gasteiger partial charge on any atom is 0.00635 e. The summed E-state index contributed by atoms with van der Waals surface area (Å²) in [5, 5.41) is 0. The average molecular weight is 251 g/mol. The van der Waals surface area contributed by atoms with E-state index in [2.05, 4.69) is 39.8 Å². The largest absolute Gasteiger partial charge is 0.307 e. The second-order valence-electron chi connectivity index (χ2n) is 7.63. The highest BCUT2D eigenvalue weighted by Gasteiger charge is 2.42. The van der Waals surface area contributed by atoms with Gasteiger partial charge in [0.1, 0.15) is 0 Å². The highest BCUT2D eigenvalue weighted by atomic mass is 15.1. The van der Waals surface area contributed by atoms with E-state index in [1.165, 1.54) is 38.5 Å². The average Bonchev–Trinajstić information content (AvgIpc) is 2.44. The van der Waals surface area contributed by atoms with Crippen molar-refractivity contribution in [2.24, 2.45) is 29.6 Å². The second-order valence-corrected chi connectivity index (χ2v) is 7.63. The molecule has 5 atom stereocenters. The highest BCUT2D eigenvalue weighted by molar-refractivity contribution is 4.93. The summed E-state index contributed by atoms with van der Waals surface area (Å²) in [6.45, 7) is 7.23. The molecule has 0 amide bonds. The van der Waals surface area contributed by atoms with Gasteiger partial charge in [0, 0.05) is 6.04 Å². The third-order valence-corrected chi connectivity index (χ3v) is 6.06. The molecular formula is C17H33N. The molecular weight excluding hydrogens is 218 g/mol. The molecule has 0 aromatic carbocycles. The molecule has 1 nitrogen and oxygen atoms in total. The Balaban J connectivity index is 1.83. The normalized spacial score (nSPS) is 38.2. The molecule has 0 bridgehead atoms. The van der Waals surface area contributed by atoms with E-state index in [1.54, 1.807) is 0 Å². The summed E-state index contributed by atoms with van der Waals surface area (Å²) in [5.41, 5.74) is 0. The summed E-state index contributed by atoms with van der Waals surface area (Å²) in [7, 11) is 4.45. The van der Waals surface area contributed by atoms with Crippen molar-refractivity contribution in [1.82, 2.24) is 4.90 Å². The first kappa shape index (κ1) is 14.4. The Labute approximate surface area is 114 Å². The Kier molecular flexibility index (Phi) is 4.75. The van der Waals surface area contributed by atoms with Crippen LogP contribution in [0.5, 0.6) is 0 Å². The maximum absolute atomic E-state index is 2.42. The third-order valence-electron chi connectivity index (χ3n) is 6.06. The van der Waals surface area contributed by atoms with E-state index in [1.807, 2.05) is 0 Å². The van der Waals surface area contributed by atoms with Crippen LogP contribution in [0.3, 0.4) is 0 Å². The summed E-state index contributed by atoms with van der Waals surface area (Å²) >= 11 is 0. The number of fused-ring (bicyclic) bond motifs is 1. The Hall–Kier alpha value is -0.0400. The van der Waals surface area contributed by atoms with Crippen molar-refractivity contribution in [3.8, 4) is 0 Å². The van der Waals surface area contributed by atoms with E-state index in [0.717, 1.165) is 35.6 Å². The van der Waals surface area contributed by atoms with Gasteiger partial charge in [0.2, 0.25) is 0 Å². The minimum absolute atomic E-state index is 0.764. The monoisotopic (exact) mass is 251 g/mol. The lowest BCUT2D eigenvalue weighted by Gasteiger charge is -2.46. The van der Waals surface area contributed by atoms with E-state index in [0.29, 0.717) is 0 Å². The molecule has 0 heterocycles. The van der Waals surface area contributed by atoms with E-state index in [9.17, 15) is 0 Å². The van der Waals surface area contributed by atoms with E-state index >= 15 is 0 Å². The lowest BCUT2D eigenvalue weighted by atomic mass is 9.61. The first-order valence-corrected chi connectivity index (χ1v) is 8.15. The number of hydrogen-bond donors (Lipinski definition) is 0. The van der Waals surface area contributed by atoms with Crippen molar-refractivity contribution in [2.75, 3.05) is 14.1 Å². The molecule has 0 N–H and O–H groups in total. The molecule has 2 aliphatic carbocycles. The van der Waals surface area contributed by atoms with E-state index in [4.69, 9.17) is 0 Å². The fraction of sp³-hybridized carbons (Fsp3) is 1.00. The number of nitrogens with zero attached hydrogens (tertiary/aromatic N) is 1. The Morgan fingerprint density at radius 1 is 1.00 bits per heavy atom. The quantitative estimate of drug-likeness (QED) is 0.714. The topological polar surface area (TPSA) is 3.24 Å². The zero-order valence-corrected chi connectivity index (χ0v) is 13.2. The Morgan fingerprint density at radius 2 is 1.67 bits per heavy atom. The molecule has 18 heavy (non-hydrogen) atoms. The van der Waals surface area contributed by atoms with Gasteiger partial charge in [-0.25, -0.2) is 0 Å². The minimum atomic E-state index is 0.764. The van der Waals surface area contributed by atoms with Crippen molar-refractivity contribution < 1.29 is 0 Å². The van der Waals surface area contributed by atoms with E-state index in [-0.39, 0.29) is 0 Å². The first-order valence-electron chi connectivity index (χ1n) is 8.15. The smallest absolute Gasteiger partial charge is 0.00635 e. The number of rotatable bonds is 4. The van der Waals surface area contributed by atoms with Crippen molar-refractivity contribution in [2.45, 2.75) is 65.3 Å². The molecule has 0 radical (unpaired) electrons. The summed E-state index contributed by atoms with van der Waals surface area (Å²) in [5.74, 6) is 5.13. The van der Waals surface area contributed by atoms with E-state index < -0.39 is 0 Å². The van der Waals surface area contributed by atoms with Gasteiger partial charge in [-0.05, 0) is 89.1 Å². The van der Waals surface area contributed by atoms with Crippen molar-refractivity contribution in [3.63, 3.8) is 0 Å². The van der Waals surface area contributed by atoms with Gasteiger partial charge in [-0.3, -0.25) is 0 Å². The molecule has 2 saturated carbocycles. The van der Waals surface area contributed by atoms with Gasteiger partial charge in [-0.15, -0.1) is 0 Å². The Morgan fingerprint density at radius 3 is 2.28 bits per heavy atom. The van der Waals surface area contributed by atoms with Crippen LogP contribution in [0.2, 0.25) is 0 Å². The van der Waals surface area contributed by atoms with Crippen LogP contribution in [0.4, 0.5) is 0 Å². The van der Waals surface area contributed by atoms with Gasteiger partial charge in [0.15, 0.2) is 0 Å². The predicted molar refractivity (Wildman–Crippen MR) is 79.6 cm³/mol. The summed E-state index contributed by atoms with van der Waals surface area (Å²) in [6, 6.07) is 0.764. The second kappa shape index (κ2) is 5.94. The summed E-state index contributed by atoms with van der Waals surface area (Å²) < 4.78 is 0. The first-order chi connectivity index (χ1) is 8.49. The summed E-state index contributed by atoms with van der Waals surface area (Å²) in [6.07, 6.45) is 9.04. The van der Waals surface area contributed by atoms with Crippen molar-refractivity contribution in [1.29, 1.82) is 0 Å². The van der Waals surface area contributed by atoms with Gasteiger partial charge >= 0.3 is 0 Å². The van der Waals surface area contributed by atoms with Gasteiger partial charge < -0.3 is 4.90 Å². The van der Waals surface area contributed by atoms with Gasteiger partial charge in [-0.1, -0.05) is 13.8 Å². The van der Waals surface area contributed by atoms with Crippen molar-refractivity contribution >= 4 is 0 Å². The fourth-order valence-corrected chi connectivity index (χ4v) is 4.30. The zero-order valence-electron chi connectivity index (χ0n) is 13.2. The SMILES string of the molecule is CC(C)[C@@H]1CCC2CC(CC(C)N(C)C)C2CC1. The van der Waals surface area contributed by atoms with Crippen LogP contribution in [-0.4, -0.2) is 25.0 Å². The van der Waals surface area contributed by atoms with Crippen LogP contribution < -0.4 is 0 Å². The maximum atomic E-state index is 2.42. The molecule has 2 aliphatic rings. The van der Waals surface area contributed by atoms with Crippen LogP contribution >= 0.6 is 0 Å². The highest BCUT2D eigenvalue weighted by Crippen LogP contribution is 2.51. The molecule has 0 spiro atoms. The lowest BCUT2D eigenvalue weighted by molar-refractivity contribution is 0.0402.